The lowest BCUT2D eigenvalue weighted by Gasteiger charge is -2.08. The number of hydrogen-bond donors (Lipinski definition) is 0. The fraction of sp³-hybridized carbons (Fsp3) is 0.308. The molecule has 0 radical (unpaired) electrons. The minimum atomic E-state index is -0.318. The molecule has 1 unspecified atom stereocenters. The van der Waals surface area contributed by atoms with Gasteiger partial charge in [-0.05, 0) is 36.3 Å². The van der Waals surface area contributed by atoms with Crippen molar-refractivity contribution in [2.24, 2.45) is 0 Å². The Balaban J connectivity index is 2.27. The molecule has 3 nitrogen and oxygen atoms in total. The average Bonchev–Trinajstić information content (AvgIpc) is 2.70. The monoisotopic (exact) mass is 218 g/mol. The predicted molar refractivity (Wildman–Crippen MR) is 60.7 cm³/mol. The largest absolute Gasteiger partial charge is 0.485 e. The van der Waals surface area contributed by atoms with Gasteiger partial charge in [0.25, 0.3) is 0 Å². The van der Waals surface area contributed by atoms with Crippen LogP contribution in [0.2, 0.25) is 0 Å². The molecule has 0 amide bonds. The molecule has 3 heteroatoms. The molecule has 0 bridgehead atoms. The summed E-state index contributed by atoms with van der Waals surface area (Å²) in [7, 11) is 1.38. The van der Waals surface area contributed by atoms with Crippen molar-refractivity contribution in [1.29, 1.82) is 0 Å². The number of methoxy groups -OCH3 is 1. The van der Waals surface area contributed by atoms with Crippen LogP contribution in [0.5, 0.6) is 5.75 Å². The van der Waals surface area contributed by atoms with Gasteiger partial charge in [-0.1, -0.05) is 6.58 Å². The molecule has 2 rings (SSSR count). The molecule has 1 aromatic carbocycles. The maximum atomic E-state index is 11.3. The average molecular weight is 218 g/mol. The van der Waals surface area contributed by atoms with Crippen LogP contribution >= 0.6 is 0 Å². The van der Waals surface area contributed by atoms with E-state index in [1.165, 1.54) is 7.11 Å². The quantitative estimate of drug-likeness (QED) is 0.564. The first-order valence-electron chi connectivity index (χ1n) is 5.15. The van der Waals surface area contributed by atoms with Gasteiger partial charge in [0, 0.05) is 6.42 Å². The van der Waals surface area contributed by atoms with E-state index >= 15 is 0 Å². The Morgan fingerprint density at radius 2 is 2.31 bits per heavy atom. The molecular weight excluding hydrogens is 204 g/mol. The smallest absolute Gasteiger partial charge is 0.337 e. The van der Waals surface area contributed by atoms with Crippen molar-refractivity contribution in [3.63, 3.8) is 0 Å². The van der Waals surface area contributed by atoms with Crippen molar-refractivity contribution in [1.82, 2.24) is 0 Å². The molecule has 0 spiro atoms. The highest BCUT2D eigenvalue weighted by Crippen LogP contribution is 2.31. The fourth-order valence-corrected chi connectivity index (χ4v) is 1.77. The third kappa shape index (κ3) is 1.81. The highest BCUT2D eigenvalue weighted by Gasteiger charge is 2.24. The third-order valence-electron chi connectivity index (χ3n) is 2.71. The number of hydrogen-bond acceptors (Lipinski definition) is 3. The molecule has 1 atom stereocenters. The zero-order chi connectivity index (χ0) is 11.7. The van der Waals surface area contributed by atoms with Crippen molar-refractivity contribution in [3.05, 3.63) is 41.5 Å². The highest BCUT2D eigenvalue weighted by molar-refractivity contribution is 5.89. The van der Waals surface area contributed by atoms with Crippen LogP contribution in [0.1, 0.15) is 22.8 Å². The molecule has 1 heterocycles. The standard InChI is InChI=1S/C13H14O3/c1-8(2)12-7-10-6-9(13(14)15-3)4-5-11(10)16-12/h4-6,12H,1,7H2,2-3H3. The SMILES string of the molecule is C=C(C)C1Cc2cc(C(=O)OC)ccc2O1. The third-order valence-corrected chi connectivity index (χ3v) is 2.71. The minimum absolute atomic E-state index is 0.0305. The Morgan fingerprint density at radius 1 is 1.56 bits per heavy atom. The van der Waals surface area contributed by atoms with E-state index in [-0.39, 0.29) is 12.1 Å². The van der Waals surface area contributed by atoms with Crippen LogP contribution in [0.25, 0.3) is 0 Å². The number of benzene rings is 1. The number of carbonyl (C=O) groups excluding carboxylic acids is 1. The lowest BCUT2D eigenvalue weighted by molar-refractivity contribution is 0.0600. The van der Waals surface area contributed by atoms with Crippen molar-refractivity contribution in [3.8, 4) is 5.75 Å². The van der Waals surface area contributed by atoms with Gasteiger partial charge in [0.15, 0.2) is 0 Å². The zero-order valence-electron chi connectivity index (χ0n) is 9.45. The molecule has 1 aromatic rings. The van der Waals surface area contributed by atoms with Gasteiger partial charge in [0.1, 0.15) is 11.9 Å². The van der Waals surface area contributed by atoms with Crippen LogP contribution < -0.4 is 4.74 Å². The van der Waals surface area contributed by atoms with Crippen LogP contribution in [-0.4, -0.2) is 19.2 Å². The molecule has 0 fully saturated rings. The van der Waals surface area contributed by atoms with Crippen LogP contribution in [0.3, 0.4) is 0 Å². The molecular formula is C13H14O3. The summed E-state index contributed by atoms with van der Waals surface area (Å²) in [5, 5.41) is 0. The zero-order valence-corrected chi connectivity index (χ0v) is 9.45. The molecule has 1 aliphatic rings. The first-order chi connectivity index (χ1) is 7.61. The van der Waals surface area contributed by atoms with E-state index in [4.69, 9.17) is 4.74 Å². The van der Waals surface area contributed by atoms with Crippen molar-refractivity contribution in [2.75, 3.05) is 7.11 Å². The van der Waals surface area contributed by atoms with Gasteiger partial charge in [0.2, 0.25) is 0 Å². The Hall–Kier alpha value is -1.77. The summed E-state index contributed by atoms with van der Waals surface area (Å²) in [4.78, 5) is 11.3. The van der Waals surface area contributed by atoms with Crippen molar-refractivity contribution < 1.29 is 14.3 Å². The van der Waals surface area contributed by atoms with Crippen LogP contribution in [0.4, 0.5) is 0 Å². The Bertz CT molecular complexity index is 448. The van der Waals surface area contributed by atoms with Crippen molar-refractivity contribution in [2.45, 2.75) is 19.4 Å². The van der Waals surface area contributed by atoms with Crippen LogP contribution in [0.15, 0.2) is 30.4 Å². The van der Waals surface area contributed by atoms with E-state index in [0.29, 0.717) is 5.56 Å². The molecule has 0 saturated carbocycles. The van der Waals surface area contributed by atoms with Gasteiger partial charge >= 0.3 is 5.97 Å². The Labute approximate surface area is 94.7 Å². The molecule has 1 aliphatic heterocycles. The summed E-state index contributed by atoms with van der Waals surface area (Å²) in [5.41, 5.74) is 2.60. The van der Waals surface area contributed by atoms with Gasteiger partial charge in [-0.2, -0.15) is 0 Å². The van der Waals surface area contributed by atoms with Gasteiger partial charge in [0.05, 0.1) is 12.7 Å². The van der Waals surface area contributed by atoms with E-state index in [2.05, 4.69) is 11.3 Å². The maximum Gasteiger partial charge on any atom is 0.337 e. The summed E-state index contributed by atoms with van der Waals surface area (Å²) in [6.07, 6.45) is 0.804. The van der Waals surface area contributed by atoms with Crippen LogP contribution in [-0.2, 0) is 11.2 Å². The fourth-order valence-electron chi connectivity index (χ4n) is 1.77. The number of fused-ring (bicyclic) bond motifs is 1. The normalized spacial score (nSPS) is 17.5. The highest BCUT2D eigenvalue weighted by atomic mass is 16.5. The molecule has 0 N–H and O–H groups in total. The summed E-state index contributed by atoms with van der Waals surface area (Å²) in [6, 6.07) is 5.35. The molecule has 84 valence electrons. The summed E-state index contributed by atoms with van der Waals surface area (Å²) < 4.78 is 10.4. The number of esters is 1. The van der Waals surface area contributed by atoms with Crippen molar-refractivity contribution >= 4 is 5.97 Å². The van der Waals surface area contributed by atoms with Gasteiger partial charge < -0.3 is 9.47 Å². The second-order valence-electron chi connectivity index (χ2n) is 3.97. The first-order valence-corrected chi connectivity index (χ1v) is 5.15. The first kappa shape index (κ1) is 10.7. The predicted octanol–water partition coefficient (Wildman–Crippen LogP) is 2.35. The second-order valence-corrected chi connectivity index (χ2v) is 3.97. The summed E-state index contributed by atoms with van der Waals surface area (Å²) >= 11 is 0. The van der Waals surface area contributed by atoms with E-state index in [1.54, 1.807) is 6.07 Å². The van der Waals surface area contributed by atoms with E-state index in [1.807, 2.05) is 19.1 Å². The summed E-state index contributed by atoms with van der Waals surface area (Å²) in [6.45, 7) is 5.82. The van der Waals surface area contributed by atoms with Gasteiger partial charge in [-0.15, -0.1) is 0 Å². The van der Waals surface area contributed by atoms with Gasteiger partial charge in [-0.3, -0.25) is 0 Å². The number of carbonyl (C=O) groups is 1. The van der Waals surface area contributed by atoms with E-state index in [0.717, 1.165) is 23.3 Å². The molecule has 0 aromatic heterocycles. The Morgan fingerprint density at radius 3 is 2.94 bits per heavy atom. The molecule has 16 heavy (non-hydrogen) atoms. The summed E-state index contributed by atoms with van der Waals surface area (Å²) in [5.74, 6) is 0.516. The number of rotatable bonds is 2. The topological polar surface area (TPSA) is 35.5 Å². The van der Waals surface area contributed by atoms with Gasteiger partial charge in [-0.25, -0.2) is 4.79 Å². The van der Waals surface area contributed by atoms with E-state index < -0.39 is 0 Å². The lowest BCUT2D eigenvalue weighted by Crippen LogP contribution is -2.13. The van der Waals surface area contributed by atoms with E-state index in [9.17, 15) is 4.79 Å². The molecule has 0 aliphatic carbocycles. The Kier molecular flexibility index (Phi) is 2.69. The maximum absolute atomic E-state index is 11.3. The van der Waals surface area contributed by atoms with Crippen LogP contribution in [0, 0.1) is 0 Å². The minimum Gasteiger partial charge on any atom is -0.485 e. The number of ether oxygens (including phenoxy) is 2. The lowest BCUT2D eigenvalue weighted by atomic mass is 10.0. The molecule has 0 saturated heterocycles. The second kappa shape index (κ2) is 4.00.